The van der Waals surface area contributed by atoms with Gasteiger partial charge in [-0.1, -0.05) is 12.1 Å². The SMILES string of the molecule is Cc1cccc2c(=O)[nH]c(CSc3cnn(CCN)c3)nc12.O=C(O)C(F)(F)F. The number of hydrogen-bond donors (Lipinski definition) is 3. The van der Waals surface area contributed by atoms with Crippen LogP contribution in [0.5, 0.6) is 0 Å². The van der Waals surface area contributed by atoms with E-state index in [1.165, 1.54) is 0 Å². The molecule has 0 bridgehead atoms. The normalized spacial score (nSPS) is 11.2. The summed E-state index contributed by atoms with van der Waals surface area (Å²) in [5.74, 6) is -1.50. The molecule has 0 atom stereocenters. The Morgan fingerprint density at radius 2 is 2.07 bits per heavy atom. The van der Waals surface area contributed by atoms with Crippen molar-refractivity contribution in [1.29, 1.82) is 0 Å². The van der Waals surface area contributed by atoms with Crippen LogP contribution in [0.3, 0.4) is 0 Å². The van der Waals surface area contributed by atoms with E-state index in [-0.39, 0.29) is 5.56 Å². The lowest BCUT2D eigenvalue weighted by molar-refractivity contribution is -0.192. The molecule has 156 valence electrons. The van der Waals surface area contributed by atoms with Gasteiger partial charge in [0, 0.05) is 17.6 Å². The number of carboxylic acid groups (broad SMARTS) is 1. The molecule has 0 spiro atoms. The second-order valence-electron chi connectivity index (χ2n) is 5.80. The minimum Gasteiger partial charge on any atom is -0.475 e. The Morgan fingerprint density at radius 1 is 1.38 bits per heavy atom. The fraction of sp³-hybridized carbons (Fsp3) is 0.294. The number of thioether (sulfide) groups is 1. The third-order valence-corrected chi connectivity index (χ3v) is 4.53. The van der Waals surface area contributed by atoms with E-state index in [9.17, 15) is 18.0 Å². The van der Waals surface area contributed by atoms with Crippen molar-refractivity contribution in [3.63, 3.8) is 0 Å². The predicted octanol–water partition coefficient (Wildman–Crippen LogP) is 2.31. The summed E-state index contributed by atoms with van der Waals surface area (Å²) >= 11 is 1.59. The molecule has 29 heavy (non-hydrogen) atoms. The highest BCUT2D eigenvalue weighted by molar-refractivity contribution is 7.98. The molecule has 3 aromatic rings. The first-order chi connectivity index (χ1) is 13.6. The van der Waals surface area contributed by atoms with Crippen molar-refractivity contribution in [2.24, 2.45) is 5.73 Å². The summed E-state index contributed by atoms with van der Waals surface area (Å²) in [4.78, 5) is 29.5. The van der Waals surface area contributed by atoms with Gasteiger partial charge in [0.1, 0.15) is 5.82 Å². The van der Waals surface area contributed by atoms with Crippen molar-refractivity contribution in [3.8, 4) is 0 Å². The van der Waals surface area contributed by atoms with Gasteiger partial charge in [0.2, 0.25) is 0 Å². The van der Waals surface area contributed by atoms with Crippen LogP contribution in [0.25, 0.3) is 10.9 Å². The predicted molar refractivity (Wildman–Crippen MR) is 102 cm³/mol. The van der Waals surface area contributed by atoms with E-state index in [2.05, 4.69) is 15.1 Å². The van der Waals surface area contributed by atoms with Crippen molar-refractivity contribution < 1.29 is 23.1 Å². The fourth-order valence-corrected chi connectivity index (χ4v) is 3.00. The van der Waals surface area contributed by atoms with Gasteiger partial charge in [0.05, 0.1) is 29.4 Å². The number of para-hydroxylation sites is 1. The summed E-state index contributed by atoms with van der Waals surface area (Å²) in [7, 11) is 0. The van der Waals surface area contributed by atoms with E-state index in [1.807, 2.05) is 29.9 Å². The Kier molecular flexibility index (Phi) is 7.40. The van der Waals surface area contributed by atoms with Crippen molar-refractivity contribution in [2.45, 2.75) is 30.3 Å². The van der Waals surface area contributed by atoms with Gasteiger partial charge in [-0.3, -0.25) is 9.48 Å². The van der Waals surface area contributed by atoms with Gasteiger partial charge in [-0.25, -0.2) is 9.78 Å². The standard InChI is InChI=1S/C15H17N5OS.C2HF3O2/c1-10-3-2-4-12-14(10)18-13(19-15(12)21)9-22-11-7-17-20(8-11)6-5-16;3-2(4,5)1(6)7/h2-4,7-8H,5-6,9,16H2,1H3,(H,18,19,21);(H,6,7). The van der Waals surface area contributed by atoms with Crippen molar-refractivity contribution in [2.75, 3.05) is 6.54 Å². The van der Waals surface area contributed by atoms with Gasteiger partial charge < -0.3 is 15.8 Å². The fourth-order valence-electron chi connectivity index (χ4n) is 2.25. The monoisotopic (exact) mass is 429 g/mol. The van der Waals surface area contributed by atoms with E-state index in [1.54, 1.807) is 24.0 Å². The Labute approximate surface area is 166 Å². The maximum atomic E-state index is 12.1. The van der Waals surface area contributed by atoms with Gasteiger partial charge in [0.25, 0.3) is 5.56 Å². The topological polar surface area (TPSA) is 127 Å². The Bertz CT molecular complexity index is 1050. The van der Waals surface area contributed by atoms with E-state index >= 15 is 0 Å². The molecule has 0 radical (unpaired) electrons. The third-order valence-electron chi connectivity index (χ3n) is 3.57. The molecular formula is C17H18F3N5O3S. The Hall–Kier alpha value is -2.86. The number of aryl methyl sites for hydroxylation is 1. The van der Waals surface area contributed by atoms with Gasteiger partial charge >= 0.3 is 12.1 Å². The zero-order chi connectivity index (χ0) is 21.6. The number of aromatic nitrogens is 4. The quantitative estimate of drug-likeness (QED) is 0.531. The zero-order valence-electron chi connectivity index (χ0n) is 15.2. The number of nitrogens with zero attached hydrogens (tertiary/aromatic N) is 3. The number of rotatable bonds is 5. The second-order valence-corrected chi connectivity index (χ2v) is 6.85. The van der Waals surface area contributed by atoms with Crippen LogP contribution in [0, 0.1) is 6.92 Å². The number of carbonyl (C=O) groups is 1. The average molecular weight is 429 g/mol. The van der Waals surface area contributed by atoms with E-state index in [0.29, 0.717) is 30.1 Å². The molecule has 3 rings (SSSR count). The lowest BCUT2D eigenvalue weighted by atomic mass is 10.1. The number of nitrogens with two attached hydrogens (primary N) is 1. The minimum absolute atomic E-state index is 0.0943. The number of aliphatic carboxylic acids is 1. The summed E-state index contributed by atoms with van der Waals surface area (Å²) in [5.41, 5.74) is 7.18. The summed E-state index contributed by atoms with van der Waals surface area (Å²) < 4.78 is 33.5. The molecule has 4 N–H and O–H groups in total. The number of aromatic amines is 1. The van der Waals surface area contributed by atoms with Gasteiger partial charge in [-0.2, -0.15) is 18.3 Å². The number of hydrogen-bond acceptors (Lipinski definition) is 6. The number of halogens is 3. The number of alkyl halides is 3. The molecule has 0 fully saturated rings. The maximum Gasteiger partial charge on any atom is 0.490 e. The highest BCUT2D eigenvalue weighted by atomic mass is 32.2. The number of H-pyrrole nitrogens is 1. The molecular weight excluding hydrogens is 411 g/mol. The first kappa shape index (κ1) is 22.4. The Balaban J connectivity index is 0.000000370. The van der Waals surface area contributed by atoms with Crippen LogP contribution in [0.2, 0.25) is 0 Å². The number of fused-ring (bicyclic) bond motifs is 1. The van der Waals surface area contributed by atoms with Crippen LogP contribution >= 0.6 is 11.8 Å². The van der Waals surface area contributed by atoms with Gasteiger partial charge in [-0.05, 0) is 18.6 Å². The molecule has 0 saturated heterocycles. The van der Waals surface area contributed by atoms with E-state index in [4.69, 9.17) is 15.6 Å². The third kappa shape index (κ3) is 6.32. The van der Waals surface area contributed by atoms with Crippen molar-refractivity contribution in [3.05, 3.63) is 52.3 Å². The summed E-state index contributed by atoms with van der Waals surface area (Å²) in [6.45, 7) is 3.22. The van der Waals surface area contributed by atoms with Crippen LogP contribution < -0.4 is 11.3 Å². The maximum absolute atomic E-state index is 12.1. The van der Waals surface area contributed by atoms with Crippen LogP contribution in [-0.4, -0.2) is 43.5 Å². The molecule has 0 aliphatic carbocycles. The Morgan fingerprint density at radius 3 is 2.69 bits per heavy atom. The molecule has 2 aromatic heterocycles. The van der Waals surface area contributed by atoms with Crippen LogP contribution in [-0.2, 0) is 17.1 Å². The van der Waals surface area contributed by atoms with Crippen LogP contribution in [0.4, 0.5) is 13.2 Å². The molecule has 0 unspecified atom stereocenters. The molecule has 0 aliphatic heterocycles. The molecule has 1 aromatic carbocycles. The van der Waals surface area contributed by atoms with Crippen molar-refractivity contribution in [1.82, 2.24) is 19.7 Å². The minimum atomic E-state index is -5.08. The van der Waals surface area contributed by atoms with E-state index in [0.717, 1.165) is 16.0 Å². The lowest BCUT2D eigenvalue weighted by Crippen LogP contribution is -2.21. The van der Waals surface area contributed by atoms with Gasteiger partial charge in [-0.15, -0.1) is 11.8 Å². The number of benzene rings is 1. The molecule has 0 aliphatic rings. The molecule has 8 nitrogen and oxygen atoms in total. The summed E-state index contributed by atoms with van der Waals surface area (Å²) in [6.07, 6.45) is -1.34. The highest BCUT2D eigenvalue weighted by Gasteiger charge is 2.38. The first-order valence-electron chi connectivity index (χ1n) is 8.25. The molecule has 0 amide bonds. The van der Waals surface area contributed by atoms with E-state index < -0.39 is 12.1 Å². The van der Waals surface area contributed by atoms with Crippen LogP contribution in [0.1, 0.15) is 11.4 Å². The molecule has 0 saturated carbocycles. The largest absolute Gasteiger partial charge is 0.490 e. The smallest absolute Gasteiger partial charge is 0.475 e. The molecule has 12 heteroatoms. The number of nitrogens with one attached hydrogen (secondary N) is 1. The zero-order valence-corrected chi connectivity index (χ0v) is 16.0. The highest BCUT2D eigenvalue weighted by Crippen LogP contribution is 2.21. The average Bonchev–Trinajstić information content (AvgIpc) is 3.08. The lowest BCUT2D eigenvalue weighted by Gasteiger charge is -2.04. The van der Waals surface area contributed by atoms with Crippen molar-refractivity contribution >= 4 is 28.6 Å². The summed E-state index contributed by atoms with van der Waals surface area (Å²) in [5, 5.41) is 12.0. The first-order valence-corrected chi connectivity index (χ1v) is 9.24. The number of carboxylic acids is 1. The van der Waals surface area contributed by atoms with Crippen LogP contribution in [0.15, 0.2) is 40.3 Å². The summed E-state index contributed by atoms with van der Waals surface area (Å²) in [6, 6.07) is 5.62. The van der Waals surface area contributed by atoms with Gasteiger partial charge in [0.15, 0.2) is 0 Å². The molecule has 2 heterocycles. The second kappa shape index (κ2) is 9.56.